The zero-order valence-electron chi connectivity index (χ0n) is 20.6. The van der Waals surface area contributed by atoms with Crippen molar-refractivity contribution < 1.29 is 15.0 Å². The fraction of sp³-hybridized carbons (Fsp3) is 0.821. The first kappa shape index (κ1) is 23.2. The molecule has 0 spiro atoms. The highest BCUT2D eigenvalue weighted by molar-refractivity contribution is 5.92. The van der Waals surface area contributed by atoms with Gasteiger partial charge in [-0.05, 0) is 110 Å². The van der Waals surface area contributed by atoms with Crippen molar-refractivity contribution in [2.75, 3.05) is 0 Å². The Balaban J connectivity index is 1.56. The van der Waals surface area contributed by atoms with Gasteiger partial charge in [0.25, 0.3) is 0 Å². The van der Waals surface area contributed by atoms with Gasteiger partial charge in [-0.25, -0.2) is 0 Å². The molecule has 4 aliphatic carbocycles. The zero-order valence-corrected chi connectivity index (χ0v) is 20.6. The molecule has 8 atom stereocenters. The lowest BCUT2D eigenvalue weighted by Gasteiger charge is -2.61. The maximum absolute atomic E-state index is 12.1. The molecule has 0 aromatic rings. The molecule has 0 amide bonds. The summed E-state index contributed by atoms with van der Waals surface area (Å²) in [5.41, 5.74) is 0.914. The fourth-order valence-electron chi connectivity index (χ4n) is 8.62. The molecule has 0 radical (unpaired) electrons. The van der Waals surface area contributed by atoms with Crippen molar-refractivity contribution in [3.05, 3.63) is 23.8 Å². The molecule has 0 saturated heterocycles. The Bertz CT molecular complexity index is 789. The van der Waals surface area contributed by atoms with Crippen LogP contribution in [0.5, 0.6) is 0 Å². The van der Waals surface area contributed by atoms with Crippen LogP contribution in [0.3, 0.4) is 0 Å². The Morgan fingerprint density at radius 1 is 1.10 bits per heavy atom. The van der Waals surface area contributed by atoms with E-state index in [4.69, 9.17) is 0 Å². The van der Waals surface area contributed by atoms with E-state index in [-0.39, 0.29) is 10.8 Å². The molecule has 4 aliphatic rings. The third-order valence-corrected chi connectivity index (χ3v) is 10.5. The van der Waals surface area contributed by atoms with Gasteiger partial charge in [-0.15, -0.1) is 0 Å². The van der Waals surface area contributed by atoms with E-state index in [1.165, 1.54) is 31.3 Å². The summed E-state index contributed by atoms with van der Waals surface area (Å²) in [6, 6.07) is 0. The van der Waals surface area contributed by atoms with E-state index < -0.39 is 11.7 Å². The number of carbonyl (C=O) groups excluding carboxylic acids is 1. The number of rotatable bonds is 5. The molecule has 0 aromatic heterocycles. The number of fused-ring (bicyclic) bond motifs is 5. The predicted octanol–water partition coefficient (Wildman–Crippen LogP) is 5.85. The third kappa shape index (κ3) is 3.59. The fourth-order valence-corrected chi connectivity index (χ4v) is 8.62. The molecule has 4 rings (SSSR count). The smallest absolute Gasteiger partial charge is 0.156 e. The topological polar surface area (TPSA) is 57.5 Å². The molecule has 31 heavy (non-hydrogen) atoms. The standard InChI is InChI=1S/C28H44O3/c1-18(7-10-24(30)25(2,3)31)21-8-9-22-27(21,5)16-13-23-26(4)15-12-20(29)17-19(26)11-14-28(22,23)6/h11,14,17-18,21-24,30-31H,7-10,12-13,15-16H2,1-6H3/t18-,21-,22-,23-,24?,26+,27-,28+/m1/s1. The van der Waals surface area contributed by atoms with Crippen LogP contribution < -0.4 is 0 Å². The second-order valence-electron chi connectivity index (χ2n) is 12.7. The van der Waals surface area contributed by atoms with Crippen molar-refractivity contribution >= 4 is 5.78 Å². The van der Waals surface area contributed by atoms with Crippen LogP contribution in [-0.4, -0.2) is 27.7 Å². The molecular formula is C28H44O3. The zero-order chi connectivity index (χ0) is 22.8. The molecule has 0 aromatic carbocycles. The van der Waals surface area contributed by atoms with Crippen molar-refractivity contribution in [3.8, 4) is 0 Å². The molecule has 3 heteroatoms. The Morgan fingerprint density at radius 3 is 2.48 bits per heavy atom. The summed E-state index contributed by atoms with van der Waals surface area (Å²) >= 11 is 0. The highest BCUT2D eigenvalue weighted by Gasteiger charge is 2.63. The normalized spacial score (nSPS) is 44.2. The monoisotopic (exact) mass is 428 g/mol. The predicted molar refractivity (Wildman–Crippen MR) is 125 cm³/mol. The molecular weight excluding hydrogens is 384 g/mol. The van der Waals surface area contributed by atoms with Gasteiger partial charge in [0.2, 0.25) is 0 Å². The number of carbonyl (C=O) groups is 1. The maximum Gasteiger partial charge on any atom is 0.156 e. The highest BCUT2D eigenvalue weighted by Crippen LogP contribution is 2.70. The minimum Gasteiger partial charge on any atom is -0.390 e. The second-order valence-corrected chi connectivity index (χ2v) is 12.7. The van der Waals surface area contributed by atoms with Crippen molar-refractivity contribution in [2.24, 2.45) is 39.9 Å². The van der Waals surface area contributed by atoms with Gasteiger partial charge < -0.3 is 10.2 Å². The van der Waals surface area contributed by atoms with Crippen LogP contribution in [0.1, 0.15) is 92.9 Å². The summed E-state index contributed by atoms with van der Waals surface area (Å²) in [7, 11) is 0. The summed E-state index contributed by atoms with van der Waals surface area (Å²) < 4.78 is 0. The number of aliphatic hydroxyl groups is 2. The van der Waals surface area contributed by atoms with Gasteiger partial charge >= 0.3 is 0 Å². The van der Waals surface area contributed by atoms with E-state index in [2.05, 4.69) is 39.8 Å². The Hall–Kier alpha value is -0.930. The van der Waals surface area contributed by atoms with Crippen LogP contribution >= 0.6 is 0 Å². The lowest BCUT2D eigenvalue weighted by atomic mass is 9.42. The molecule has 174 valence electrons. The maximum atomic E-state index is 12.1. The van der Waals surface area contributed by atoms with Crippen LogP contribution in [0, 0.1) is 39.9 Å². The molecule has 0 bridgehead atoms. The highest BCUT2D eigenvalue weighted by atomic mass is 16.3. The van der Waals surface area contributed by atoms with Crippen LogP contribution in [-0.2, 0) is 4.79 Å². The lowest BCUT2D eigenvalue weighted by Crippen LogP contribution is -2.55. The van der Waals surface area contributed by atoms with Gasteiger partial charge in [-0.2, -0.15) is 0 Å². The largest absolute Gasteiger partial charge is 0.390 e. The minimum absolute atomic E-state index is 0.138. The summed E-state index contributed by atoms with van der Waals surface area (Å²) in [6.07, 6.45) is 14.5. The summed E-state index contributed by atoms with van der Waals surface area (Å²) in [6.45, 7) is 13.3. The van der Waals surface area contributed by atoms with E-state index in [0.29, 0.717) is 47.7 Å². The van der Waals surface area contributed by atoms with Gasteiger partial charge in [0.1, 0.15) is 0 Å². The average Bonchev–Trinajstić information content (AvgIpc) is 3.04. The third-order valence-electron chi connectivity index (χ3n) is 10.5. The summed E-state index contributed by atoms with van der Waals surface area (Å²) in [5, 5.41) is 20.5. The first-order valence-electron chi connectivity index (χ1n) is 12.7. The Morgan fingerprint density at radius 2 is 1.81 bits per heavy atom. The van der Waals surface area contributed by atoms with E-state index in [0.717, 1.165) is 12.8 Å². The molecule has 0 heterocycles. The van der Waals surface area contributed by atoms with E-state index in [1.807, 2.05) is 6.08 Å². The van der Waals surface area contributed by atoms with Gasteiger partial charge in [-0.1, -0.05) is 39.8 Å². The molecule has 3 nitrogen and oxygen atoms in total. The summed E-state index contributed by atoms with van der Waals surface area (Å²) in [4.78, 5) is 12.1. The first-order valence-corrected chi connectivity index (χ1v) is 12.7. The van der Waals surface area contributed by atoms with Gasteiger partial charge in [0.05, 0.1) is 11.7 Å². The molecule has 2 fully saturated rings. The second kappa shape index (κ2) is 7.55. The lowest BCUT2D eigenvalue weighted by molar-refractivity contribution is -0.118. The van der Waals surface area contributed by atoms with Crippen LogP contribution in [0.4, 0.5) is 0 Å². The molecule has 0 aliphatic heterocycles. The number of aliphatic hydroxyl groups excluding tert-OH is 1. The number of allylic oxidation sites excluding steroid dienone is 4. The van der Waals surface area contributed by atoms with Crippen molar-refractivity contribution in [1.29, 1.82) is 0 Å². The molecule has 2 saturated carbocycles. The summed E-state index contributed by atoms with van der Waals surface area (Å²) in [5.74, 6) is 2.82. The van der Waals surface area contributed by atoms with E-state index in [9.17, 15) is 15.0 Å². The Labute approximate surface area is 189 Å². The van der Waals surface area contributed by atoms with Crippen molar-refractivity contribution in [1.82, 2.24) is 0 Å². The van der Waals surface area contributed by atoms with E-state index >= 15 is 0 Å². The first-order chi connectivity index (χ1) is 14.3. The van der Waals surface area contributed by atoms with E-state index in [1.54, 1.807) is 13.8 Å². The van der Waals surface area contributed by atoms with Crippen LogP contribution in [0.2, 0.25) is 0 Å². The number of hydrogen-bond acceptors (Lipinski definition) is 3. The van der Waals surface area contributed by atoms with Gasteiger partial charge in [0.15, 0.2) is 5.78 Å². The molecule has 2 N–H and O–H groups in total. The van der Waals surface area contributed by atoms with Gasteiger partial charge in [-0.3, -0.25) is 4.79 Å². The Kier molecular flexibility index (Phi) is 5.66. The van der Waals surface area contributed by atoms with Crippen LogP contribution in [0.15, 0.2) is 23.8 Å². The number of ketones is 1. The minimum atomic E-state index is -1.03. The van der Waals surface area contributed by atoms with Crippen molar-refractivity contribution in [3.63, 3.8) is 0 Å². The SMILES string of the molecule is C[C@H](CCC(O)C(C)(C)O)[C@H]1CC[C@H]2[C@]3(C)C=CC4=CC(=O)CC[C@]4(C)[C@H]3CC[C@]12C. The van der Waals surface area contributed by atoms with Crippen LogP contribution in [0.25, 0.3) is 0 Å². The number of hydrogen-bond donors (Lipinski definition) is 2. The van der Waals surface area contributed by atoms with Gasteiger partial charge in [0, 0.05) is 6.42 Å². The molecule has 1 unspecified atom stereocenters. The average molecular weight is 429 g/mol. The quantitative estimate of drug-likeness (QED) is 0.577. The van der Waals surface area contributed by atoms with Crippen molar-refractivity contribution in [2.45, 2.75) is 105 Å².